The van der Waals surface area contributed by atoms with Gasteiger partial charge in [-0.3, -0.25) is 9.48 Å². The molecule has 4 aromatic rings. The Morgan fingerprint density at radius 2 is 1.67 bits per heavy atom. The molecule has 0 spiro atoms. The first kappa shape index (κ1) is 25.1. The Labute approximate surface area is 207 Å². The van der Waals surface area contributed by atoms with E-state index >= 15 is 0 Å². The van der Waals surface area contributed by atoms with E-state index in [0.29, 0.717) is 12.4 Å². The molecule has 0 radical (unpaired) electrons. The Bertz CT molecular complexity index is 1290. The predicted molar refractivity (Wildman–Crippen MR) is 132 cm³/mol. The summed E-state index contributed by atoms with van der Waals surface area (Å²) < 4.78 is 40.3. The number of aryl methyl sites for hydroxylation is 1. The zero-order chi connectivity index (χ0) is 25.7. The molecule has 0 aliphatic carbocycles. The van der Waals surface area contributed by atoms with Crippen LogP contribution in [0.25, 0.3) is 11.1 Å². The van der Waals surface area contributed by atoms with Gasteiger partial charge in [0, 0.05) is 37.1 Å². The number of carbonyl (C=O) groups is 1. The topological polar surface area (TPSA) is 71.8 Å². The molecule has 2 atom stereocenters. The Balaban J connectivity index is 1.45. The number of benzene rings is 2. The van der Waals surface area contributed by atoms with E-state index in [0.717, 1.165) is 34.4 Å². The molecule has 0 fully saturated rings. The van der Waals surface area contributed by atoms with Gasteiger partial charge in [0.1, 0.15) is 11.9 Å². The van der Waals surface area contributed by atoms with Crippen LogP contribution in [-0.2, 0) is 18.0 Å². The second kappa shape index (κ2) is 10.7. The number of hydrogen-bond acceptors (Lipinski definition) is 4. The zero-order valence-electron chi connectivity index (χ0n) is 19.8. The number of alkyl halides is 3. The number of nitrogens with zero attached hydrogens (tertiary/aromatic N) is 3. The summed E-state index contributed by atoms with van der Waals surface area (Å²) in [6, 6.07) is 17.3. The minimum atomic E-state index is -4.37. The van der Waals surface area contributed by atoms with Crippen LogP contribution in [0.2, 0.25) is 0 Å². The van der Waals surface area contributed by atoms with E-state index in [1.165, 1.54) is 12.1 Å². The van der Waals surface area contributed by atoms with Crippen LogP contribution < -0.4 is 10.6 Å². The molecule has 0 unspecified atom stereocenters. The lowest BCUT2D eigenvalue weighted by Crippen LogP contribution is -2.35. The highest BCUT2D eigenvalue weighted by Crippen LogP contribution is 2.30. The molecule has 0 bridgehead atoms. The molecule has 0 saturated heterocycles. The minimum absolute atomic E-state index is 0.122. The molecule has 6 nitrogen and oxygen atoms in total. The molecule has 0 aliphatic heterocycles. The summed E-state index contributed by atoms with van der Waals surface area (Å²) in [5.41, 5.74) is 2.63. The molecule has 186 valence electrons. The van der Waals surface area contributed by atoms with Crippen molar-refractivity contribution < 1.29 is 18.0 Å². The van der Waals surface area contributed by atoms with Crippen molar-refractivity contribution in [3.05, 3.63) is 102 Å². The summed E-state index contributed by atoms with van der Waals surface area (Å²) in [5, 5.41) is 10.3. The third-order valence-electron chi connectivity index (χ3n) is 5.88. The van der Waals surface area contributed by atoms with Crippen LogP contribution in [0, 0.1) is 0 Å². The SMILES string of the molecule is C[C@H](CN[C@H](C(=O)Nc1ccc(-c2cnn(C)c2)cn1)c1ccccc1)c1ccc(C(F)(F)F)cc1. The number of aromatic nitrogens is 3. The number of nitrogens with one attached hydrogen (secondary N) is 2. The fourth-order valence-corrected chi connectivity index (χ4v) is 3.83. The van der Waals surface area contributed by atoms with Crippen LogP contribution in [0.1, 0.15) is 35.6 Å². The van der Waals surface area contributed by atoms with Gasteiger partial charge >= 0.3 is 6.18 Å². The van der Waals surface area contributed by atoms with Crippen molar-refractivity contribution in [2.45, 2.75) is 25.1 Å². The van der Waals surface area contributed by atoms with Gasteiger partial charge in [0.15, 0.2) is 0 Å². The molecule has 1 amide bonds. The van der Waals surface area contributed by atoms with E-state index < -0.39 is 17.8 Å². The number of amides is 1. The van der Waals surface area contributed by atoms with Crippen LogP contribution in [0.5, 0.6) is 0 Å². The second-order valence-corrected chi connectivity index (χ2v) is 8.60. The number of rotatable bonds is 8. The summed E-state index contributed by atoms with van der Waals surface area (Å²) in [6.45, 7) is 2.28. The van der Waals surface area contributed by atoms with Gasteiger partial charge in [-0.2, -0.15) is 18.3 Å². The van der Waals surface area contributed by atoms with Crippen molar-refractivity contribution in [3.8, 4) is 11.1 Å². The highest BCUT2D eigenvalue weighted by atomic mass is 19.4. The first-order chi connectivity index (χ1) is 17.2. The van der Waals surface area contributed by atoms with E-state index in [1.807, 2.05) is 56.6 Å². The van der Waals surface area contributed by atoms with Crippen molar-refractivity contribution in [2.24, 2.45) is 7.05 Å². The molecule has 0 saturated carbocycles. The number of anilines is 1. The van der Waals surface area contributed by atoms with Gasteiger partial charge in [-0.1, -0.05) is 49.4 Å². The molecule has 0 aliphatic rings. The highest BCUT2D eigenvalue weighted by Gasteiger charge is 2.30. The third-order valence-corrected chi connectivity index (χ3v) is 5.88. The van der Waals surface area contributed by atoms with Crippen molar-refractivity contribution >= 4 is 11.7 Å². The minimum Gasteiger partial charge on any atom is -0.309 e. The molecule has 2 aromatic carbocycles. The average molecular weight is 494 g/mol. The molecular formula is C27H26F3N5O. The first-order valence-corrected chi connectivity index (χ1v) is 11.4. The maximum atomic E-state index is 13.2. The Hall–Kier alpha value is -3.98. The lowest BCUT2D eigenvalue weighted by molar-refractivity contribution is -0.137. The number of pyridine rings is 1. The Kier molecular flexibility index (Phi) is 7.49. The van der Waals surface area contributed by atoms with Crippen LogP contribution in [0.4, 0.5) is 19.0 Å². The van der Waals surface area contributed by atoms with Gasteiger partial charge in [0.2, 0.25) is 5.91 Å². The molecule has 4 rings (SSSR count). The van der Waals surface area contributed by atoms with Gasteiger partial charge in [0.25, 0.3) is 0 Å². The lowest BCUT2D eigenvalue weighted by atomic mass is 9.98. The normalized spacial score (nSPS) is 13.2. The van der Waals surface area contributed by atoms with Crippen LogP contribution in [0.3, 0.4) is 0 Å². The molecule has 2 aromatic heterocycles. The number of halogens is 3. The third kappa shape index (κ3) is 6.17. The van der Waals surface area contributed by atoms with Gasteiger partial charge in [-0.15, -0.1) is 0 Å². The molecule has 2 N–H and O–H groups in total. The number of hydrogen-bond donors (Lipinski definition) is 2. The van der Waals surface area contributed by atoms with Gasteiger partial charge in [0.05, 0.1) is 11.8 Å². The Morgan fingerprint density at radius 3 is 2.25 bits per heavy atom. The van der Waals surface area contributed by atoms with Crippen LogP contribution in [-0.4, -0.2) is 27.2 Å². The Morgan fingerprint density at radius 1 is 0.944 bits per heavy atom. The van der Waals surface area contributed by atoms with Crippen molar-refractivity contribution in [1.29, 1.82) is 0 Å². The summed E-state index contributed by atoms with van der Waals surface area (Å²) in [4.78, 5) is 17.6. The lowest BCUT2D eigenvalue weighted by Gasteiger charge is -2.21. The molecule has 2 heterocycles. The average Bonchev–Trinajstić information content (AvgIpc) is 3.31. The quantitative estimate of drug-likeness (QED) is 0.337. The highest BCUT2D eigenvalue weighted by molar-refractivity contribution is 5.95. The summed E-state index contributed by atoms with van der Waals surface area (Å²) in [5.74, 6) is -0.00297. The van der Waals surface area contributed by atoms with Gasteiger partial charge in [-0.25, -0.2) is 4.98 Å². The van der Waals surface area contributed by atoms with Gasteiger partial charge < -0.3 is 10.6 Å². The summed E-state index contributed by atoms with van der Waals surface area (Å²) in [7, 11) is 1.83. The van der Waals surface area contributed by atoms with E-state index in [-0.39, 0.29) is 11.8 Å². The van der Waals surface area contributed by atoms with Crippen molar-refractivity contribution in [3.63, 3.8) is 0 Å². The van der Waals surface area contributed by atoms with Crippen molar-refractivity contribution in [2.75, 3.05) is 11.9 Å². The van der Waals surface area contributed by atoms with Crippen LogP contribution >= 0.6 is 0 Å². The monoisotopic (exact) mass is 493 g/mol. The van der Waals surface area contributed by atoms with Gasteiger partial charge in [-0.05, 0) is 41.3 Å². The largest absolute Gasteiger partial charge is 0.416 e. The molecular weight excluding hydrogens is 467 g/mol. The molecule has 9 heteroatoms. The van der Waals surface area contributed by atoms with E-state index in [9.17, 15) is 18.0 Å². The summed E-state index contributed by atoms with van der Waals surface area (Å²) in [6.07, 6.45) is 0.913. The molecule has 36 heavy (non-hydrogen) atoms. The maximum Gasteiger partial charge on any atom is 0.416 e. The fraction of sp³-hybridized carbons (Fsp3) is 0.222. The van der Waals surface area contributed by atoms with Crippen LogP contribution in [0.15, 0.2) is 85.3 Å². The standard InChI is InChI=1S/C27H26F3N5O/c1-18(19-8-11-23(12-9-19)27(28,29)30)14-32-25(20-6-4-3-5-7-20)26(36)34-24-13-10-21(15-31-24)22-16-33-35(2)17-22/h3-13,15-18,25,32H,14H2,1-2H3,(H,31,34,36)/t18-,25+/m1/s1. The number of carbonyl (C=O) groups excluding carboxylic acids is 1. The second-order valence-electron chi connectivity index (χ2n) is 8.60. The summed E-state index contributed by atoms with van der Waals surface area (Å²) >= 11 is 0. The predicted octanol–water partition coefficient (Wildman–Crippen LogP) is 5.57. The van der Waals surface area contributed by atoms with E-state index in [1.54, 1.807) is 23.1 Å². The maximum absolute atomic E-state index is 13.2. The fourth-order valence-electron chi connectivity index (χ4n) is 3.83. The van der Waals surface area contributed by atoms with E-state index in [4.69, 9.17) is 0 Å². The van der Waals surface area contributed by atoms with Crippen molar-refractivity contribution in [1.82, 2.24) is 20.1 Å². The zero-order valence-corrected chi connectivity index (χ0v) is 19.8. The van der Waals surface area contributed by atoms with E-state index in [2.05, 4.69) is 20.7 Å². The first-order valence-electron chi connectivity index (χ1n) is 11.4. The smallest absolute Gasteiger partial charge is 0.309 e.